The fourth-order valence-corrected chi connectivity index (χ4v) is 5.15. The second-order valence-corrected chi connectivity index (χ2v) is 9.86. The largest absolute Gasteiger partial charge is 0.475 e. The minimum Gasteiger partial charge on any atom is -0.475 e. The molecular weight excluding hydrogens is 486 g/mol. The van der Waals surface area contributed by atoms with Gasteiger partial charge in [0.1, 0.15) is 19.0 Å². The number of urea groups is 1. The molecule has 9 nitrogen and oxygen atoms in total. The number of aromatic nitrogens is 1. The van der Waals surface area contributed by atoms with Gasteiger partial charge in [-0.3, -0.25) is 0 Å². The molecule has 5 rings (SSSR count). The molecule has 0 radical (unpaired) electrons. The number of rotatable bonds is 6. The maximum atomic E-state index is 13.7. The molecule has 1 atom stereocenters. The molecule has 0 saturated carbocycles. The Morgan fingerprint density at radius 3 is 2.76 bits per heavy atom. The van der Waals surface area contributed by atoms with Crippen LogP contribution in [0.1, 0.15) is 18.4 Å². The summed E-state index contributed by atoms with van der Waals surface area (Å²) in [5, 5.41) is 12.1. The van der Waals surface area contributed by atoms with Crippen molar-refractivity contribution in [2.24, 2.45) is 0 Å². The van der Waals surface area contributed by atoms with Crippen LogP contribution in [0.4, 0.5) is 25.1 Å². The predicted octanol–water partition coefficient (Wildman–Crippen LogP) is 3.30. The van der Waals surface area contributed by atoms with Crippen molar-refractivity contribution >= 4 is 17.5 Å². The maximum Gasteiger partial charge on any atom is 0.321 e. The highest BCUT2D eigenvalue weighted by molar-refractivity contribution is 5.91. The molecule has 1 aromatic carbocycles. The molecule has 2 amide bonds. The van der Waals surface area contributed by atoms with Gasteiger partial charge in [0.15, 0.2) is 0 Å². The van der Waals surface area contributed by atoms with Crippen LogP contribution < -0.4 is 15.0 Å². The Morgan fingerprint density at radius 2 is 2.03 bits per heavy atom. The molecule has 0 aliphatic carbocycles. The van der Waals surface area contributed by atoms with E-state index in [1.807, 2.05) is 37.3 Å². The number of hydrogen-bond donors (Lipinski definition) is 2. The number of hydrogen-bond acceptors (Lipinski definition) is 7. The van der Waals surface area contributed by atoms with E-state index in [1.54, 1.807) is 0 Å². The number of aliphatic hydroxyl groups excluding tert-OH is 1. The number of aryl methyl sites for hydroxylation is 1. The zero-order valence-corrected chi connectivity index (χ0v) is 20.8. The lowest BCUT2D eigenvalue weighted by Crippen LogP contribution is -2.38. The Kier molecular flexibility index (Phi) is 7.19. The number of benzene rings is 1. The Labute approximate surface area is 214 Å². The number of nitrogens with one attached hydrogen (secondary N) is 1. The van der Waals surface area contributed by atoms with E-state index in [9.17, 15) is 18.7 Å². The number of morpholine rings is 1. The van der Waals surface area contributed by atoms with E-state index in [0.717, 1.165) is 22.5 Å². The third-order valence-electron chi connectivity index (χ3n) is 7.04. The van der Waals surface area contributed by atoms with Crippen LogP contribution in [0.2, 0.25) is 0 Å². The normalized spacial score (nSPS) is 23.0. The minimum absolute atomic E-state index is 0.125. The van der Waals surface area contributed by atoms with Crippen molar-refractivity contribution in [1.82, 2.24) is 9.88 Å². The minimum atomic E-state index is -2.84. The molecular formula is C26H32F2N4O5. The summed E-state index contributed by atoms with van der Waals surface area (Å²) in [5.41, 5.74) is 2.37. The number of ether oxygens (including phenoxy) is 3. The summed E-state index contributed by atoms with van der Waals surface area (Å²) >= 11 is 0. The second kappa shape index (κ2) is 10.4. The number of carbonyl (C=O) groups excluding carboxylic acids is 1. The number of amides is 2. The highest BCUT2D eigenvalue weighted by atomic mass is 19.3. The van der Waals surface area contributed by atoms with Crippen LogP contribution in [-0.4, -0.2) is 91.8 Å². The first kappa shape index (κ1) is 25.6. The number of likely N-dealkylation sites (tertiary alicyclic amines) is 1. The molecule has 4 heterocycles. The summed E-state index contributed by atoms with van der Waals surface area (Å²) in [6.45, 7) is 4.53. The number of anilines is 2. The molecule has 3 fully saturated rings. The third-order valence-corrected chi connectivity index (χ3v) is 7.04. The number of carbonyl (C=O) groups is 1. The van der Waals surface area contributed by atoms with Gasteiger partial charge in [-0.05, 0) is 48.2 Å². The van der Waals surface area contributed by atoms with Crippen molar-refractivity contribution < 1.29 is 32.9 Å². The van der Waals surface area contributed by atoms with E-state index in [4.69, 9.17) is 14.2 Å². The molecule has 200 valence electrons. The zero-order valence-electron chi connectivity index (χ0n) is 20.8. The lowest BCUT2D eigenvalue weighted by atomic mass is 9.98. The fraction of sp³-hybridized carbons (Fsp3) is 0.538. The van der Waals surface area contributed by atoms with Crippen LogP contribution in [0.3, 0.4) is 0 Å². The van der Waals surface area contributed by atoms with Crippen LogP contribution in [-0.2, 0) is 9.47 Å². The Balaban J connectivity index is 1.35. The standard InChI is InChI=1S/C26H32F2N4O5/c1-18-2-3-20(29-24(34)32-5-4-25(16-32)15-26(27,28)17-37-25)14-21(18)19-12-22(31-6-9-35-10-7-31)30-23(13-19)36-11-8-33/h2-3,12-14,33H,4-11,15-17H2,1H3,(H,29,34). The number of halogens is 2. The van der Waals surface area contributed by atoms with Crippen LogP contribution in [0, 0.1) is 6.92 Å². The Hall–Kier alpha value is -3.02. The number of alkyl halides is 2. The quantitative estimate of drug-likeness (QED) is 0.606. The van der Waals surface area contributed by atoms with Crippen molar-refractivity contribution in [1.29, 1.82) is 0 Å². The summed E-state index contributed by atoms with van der Waals surface area (Å²) in [7, 11) is 0. The van der Waals surface area contributed by atoms with Gasteiger partial charge in [-0.25, -0.2) is 13.6 Å². The molecule has 0 bridgehead atoms. The molecule has 1 aromatic heterocycles. The number of aliphatic hydroxyl groups is 1. The smallest absolute Gasteiger partial charge is 0.321 e. The van der Waals surface area contributed by atoms with Gasteiger partial charge in [0.05, 0.1) is 32.0 Å². The molecule has 1 spiro atoms. The van der Waals surface area contributed by atoms with Gasteiger partial charge in [-0.2, -0.15) is 4.98 Å². The molecule has 2 N–H and O–H groups in total. The van der Waals surface area contributed by atoms with E-state index < -0.39 is 18.1 Å². The van der Waals surface area contributed by atoms with Gasteiger partial charge in [0.25, 0.3) is 5.92 Å². The topological polar surface area (TPSA) is 96.4 Å². The van der Waals surface area contributed by atoms with E-state index in [1.165, 1.54) is 4.90 Å². The molecule has 11 heteroatoms. The summed E-state index contributed by atoms with van der Waals surface area (Å²) in [4.78, 5) is 21.2. The molecule has 3 aliphatic heterocycles. The van der Waals surface area contributed by atoms with Gasteiger partial charge in [-0.15, -0.1) is 0 Å². The van der Waals surface area contributed by atoms with Gasteiger partial charge < -0.3 is 34.4 Å². The lowest BCUT2D eigenvalue weighted by Gasteiger charge is -2.28. The third kappa shape index (κ3) is 5.78. The van der Waals surface area contributed by atoms with Crippen molar-refractivity contribution in [3.63, 3.8) is 0 Å². The first-order valence-corrected chi connectivity index (χ1v) is 12.5. The first-order valence-electron chi connectivity index (χ1n) is 12.5. The maximum absolute atomic E-state index is 13.7. The van der Waals surface area contributed by atoms with Gasteiger partial charge in [0, 0.05) is 37.8 Å². The molecule has 1 unspecified atom stereocenters. The first-order chi connectivity index (χ1) is 17.8. The van der Waals surface area contributed by atoms with Crippen LogP contribution in [0.5, 0.6) is 5.88 Å². The Bertz CT molecular complexity index is 1140. The van der Waals surface area contributed by atoms with E-state index in [0.29, 0.717) is 50.8 Å². The molecule has 3 aliphatic rings. The number of pyridine rings is 1. The highest BCUT2D eigenvalue weighted by Crippen LogP contribution is 2.42. The van der Waals surface area contributed by atoms with Crippen molar-refractivity contribution in [2.75, 3.05) is 69.4 Å². The number of nitrogens with zero attached hydrogens (tertiary/aromatic N) is 3. The fourth-order valence-electron chi connectivity index (χ4n) is 5.15. The van der Waals surface area contributed by atoms with Gasteiger partial charge in [0.2, 0.25) is 5.88 Å². The summed E-state index contributed by atoms with van der Waals surface area (Å²) in [6, 6.07) is 9.06. The zero-order chi connectivity index (χ0) is 26.0. The summed E-state index contributed by atoms with van der Waals surface area (Å²) < 4.78 is 44.0. The van der Waals surface area contributed by atoms with E-state index >= 15 is 0 Å². The van der Waals surface area contributed by atoms with Gasteiger partial charge >= 0.3 is 6.03 Å². The van der Waals surface area contributed by atoms with Crippen LogP contribution in [0.15, 0.2) is 30.3 Å². The predicted molar refractivity (Wildman–Crippen MR) is 133 cm³/mol. The lowest BCUT2D eigenvalue weighted by molar-refractivity contribution is -0.0207. The summed E-state index contributed by atoms with van der Waals surface area (Å²) in [6.07, 6.45) is 0.0414. The SMILES string of the molecule is Cc1ccc(NC(=O)N2CCC3(C2)CC(F)(F)CO3)cc1-c1cc(OCCO)nc(N2CCOCC2)c1. The molecule has 3 saturated heterocycles. The van der Waals surface area contributed by atoms with Gasteiger partial charge in [-0.1, -0.05) is 6.07 Å². The van der Waals surface area contributed by atoms with Crippen LogP contribution >= 0.6 is 0 Å². The second-order valence-electron chi connectivity index (χ2n) is 9.86. The monoisotopic (exact) mass is 518 g/mol. The van der Waals surface area contributed by atoms with Crippen molar-refractivity contribution in [2.45, 2.75) is 31.3 Å². The van der Waals surface area contributed by atoms with E-state index in [-0.39, 0.29) is 32.2 Å². The summed E-state index contributed by atoms with van der Waals surface area (Å²) in [5.74, 6) is -1.70. The molecule has 2 aromatic rings. The average Bonchev–Trinajstić information content (AvgIpc) is 3.45. The average molecular weight is 519 g/mol. The molecule has 37 heavy (non-hydrogen) atoms. The van der Waals surface area contributed by atoms with E-state index in [2.05, 4.69) is 15.2 Å². The Morgan fingerprint density at radius 1 is 1.22 bits per heavy atom. The van der Waals surface area contributed by atoms with Crippen molar-refractivity contribution in [3.8, 4) is 17.0 Å². The van der Waals surface area contributed by atoms with Crippen molar-refractivity contribution in [3.05, 3.63) is 35.9 Å². The highest BCUT2D eigenvalue weighted by Gasteiger charge is 2.54. The van der Waals surface area contributed by atoms with Crippen LogP contribution in [0.25, 0.3) is 11.1 Å².